The van der Waals surface area contributed by atoms with Gasteiger partial charge in [0.25, 0.3) is 0 Å². The number of aromatic nitrogens is 1. The van der Waals surface area contributed by atoms with E-state index in [0.29, 0.717) is 5.88 Å². The topological polar surface area (TPSA) is 51.2 Å². The van der Waals surface area contributed by atoms with E-state index in [2.05, 4.69) is 22.4 Å². The Hall–Kier alpha value is -2.36. The summed E-state index contributed by atoms with van der Waals surface area (Å²) < 4.78 is 5.19. The molecule has 2 aromatic rings. The molecule has 0 saturated carbocycles. The minimum absolute atomic E-state index is 0.0439. The number of methoxy groups -OCH3 is 1. The van der Waals surface area contributed by atoms with Gasteiger partial charge in [0.05, 0.1) is 12.8 Å². The van der Waals surface area contributed by atoms with Gasteiger partial charge in [-0.3, -0.25) is 4.79 Å². The van der Waals surface area contributed by atoms with Crippen LogP contribution < -0.4 is 10.1 Å². The second-order valence-corrected chi connectivity index (χ2v) is 5.25. The molecule has 1 aromatic carbocycles. The van der Waals surface area contributed by atoms with Crippen molar-refractivity contribution in [1.29, 1.82) is 0 Å². The van der Waals surface area contributed by atoms with Gasteiger partial charge in [-0.25, -0.2) is 4.98 Å². The number of rotatable bonds is 3. The quantitative estimate of drug-likeness (QED) is 0.940. The number of ether oxygens (including phenoxy) is 1. The summed E-state index contributed by atoms with van der Waals surface area (Å²) in [4.78, 5) is 15.7. The first kappa shape index (κ1) is 13.6. The van der Waals surface area contributed by atoms with E-state index in [1.165, 1.54) is 11.1 Å². The van der Waals surface area contributed by atoms with Crippen LogP contribution in [-0.2, 0) is 17.6 Å². The van der Waals surface area contributed by atoms with Crippen molar-refractivity contribution in [3.8, 4) is 17.0 Å². The highest BCUT2D eigenvalue weighted by atomic mass is 16.5. The van der Waals surface area contributed by atoms with Crippen LogP contribution in [0.4, 0.5) is 5.69 Å². The third-order valence-corrected chi connectivity index (χ3v) is 3.84. The van der Waals surface area contributed by atoms with Crippen molar-refractivity contribution in [1.82, 2.24) is 4.98 Å². The van der Waals surface area contributed by atoms with Crippen LogP contribution in [0.2, 0.25) is 0 Å². The Labute approximate surface area is 124 Å². The average molecular weight is 282 g/mol. The van der Waals surface area contributed by atoms with Gasteiger partial charge in [-0.15, -0.1) is 0 Å². The van der Waals surface area contributed by atoms with E-state index in [4.69, 9.17) is 4.74 Å². The predicted molar refractivity (Wildman–Crippen MR) is 82.6 cm³/mol. The van der Waals surface area contributed by atoms with Gasteiger partial charge in [0.15, 0.2) is 0 Å². The molecule has 0 bridgehead atoms. The molecule has 108 valence electrons. The number of aryl methyl sites for hydroxylation is 1. The van der Waals surface area contributed by atoms with Crippen molar-refractivity contribution >= 4 is 11.6 Å². The van der Waals surface area contributed by atoms with Crippen molar-refractivity contribution in [3.05, 3.63) is 41.6 Å². The summed E-state index contributed by atoms with van der Waals surface area (Å²) in [7, 11) is 1.60. The molecule has 0 unspecified atom stereocenters. The van der Waals surface area contributed by atoms with Crippen molar-refractivity contribution < 1.29 is 9.53 Å². The minimum atomic E-state index is -0.0439. The summed E-state index contributed by atoms with van der Waals surface area (Å²) in [6.07, 6.45) is 4.97. The molecular weight excluding hydrogens is 264 g/mol. The Kier molecular flexibility index (Phi) is 3.60. The van der Waals surface area contributed by atoms with Crippen LogP contribution in [0.5, 0.6) is 5.88 Å². The van der Waals surface area contributed by atoms with Gasteiger partial charge in [-0.1, -0.05) is 12.1 Å². The fraction of sp³-hybridized carbons (Fsp3) is 0.294. The zero-order valence-corrected chi connectivity index (χ0v) is 12.3. The number of hydrogen-bond acceptors (Lipinski definition) is 3. The number of nitrogens with zero attached hydrogens (tertiary/aromatic N) is 1. The van der Waals surface area contributed by atoms with Crippen LogP contribution in [0.15, 0.2) is 30.5 Å². The van der Waals surface area contributed by atoms with Gasteiger partial charge in [0.2, 0.25) is 11.8 Å². The van der Waals surface area contributed by atoms with Gasteiger partial charge in [-0.2, -0.15) is 0 Å². The molecule has 0 atom stereocenters. The average Bonchev–Trinajstić information content (AvgIpc) is 2.96. The number of hydrogen-bond donors (Lipinski definition) is 1. The number of benzene rings is 1. The summed E-state index contributed by atoms with van der Waals surface area (Å²) in [5, 5.41) is 3.01. The van der Waals surface area contributed by atoms with Gasteiger partial charge in [0, 0.05) is 24.8 Å². The Morgan fingerprint density at radius 2 is 2.14 bits per heavy atom. The Morgan fingerprint density at radius 1 is 1.29 bits per heavy atom. The van der Waals surface area contributed by atoms with E-state index in [1.54, 1.807) is 20.2 Å². The number of pyridine rings is 1. The highest BCUT2D eigenvalue weighted by Crippen LogP contribution is 2.38. The molecule has 4 heteroatoms. The van der Waals surface area contributed by atoms with Gasteiger partial charge in [-0.05, 0) is 42.0 Å². The molecule has 1 aliphatic rings. The maximum Gasteiger partial charge on any atom is 0.221 e. The lowest BCUT2D eigenvalue weighted by atomic mass is 9.98. The lowest BCUT2D eigenvalue weighted by Gasteiger charge is -2.15. The molecule has 0 saturated heterocycles. The Bertz CT molecular complexity index is 695. The van der Waals surface area contributed by atoms with Gasteiger partial charge in [0.1, 0.15) is 0 Å². The fourth-order valence-corrected chi connectivity index (χ4v) is 2.91. The van der Waals surface area contributed by atoms with Crippen LogP contribution >= 0.6 is 0 Å². The third-order valence-electron chi connectivity index (χ3n) is 3.84. The van der Waals surface area contributed by atoms with E-state index in [1.807, 2.05) is 12.1 Å². The van der Waals surface area contributed by atoms with E-state index in [9.17, 15) is 4.79 Å². The normalized spacial score (nSPS) is 12.9. The molecule has 0 fully saturated rings. The summed E-state index contributed by atoms with van der Waals surface area (Å²) in [5.74, 6) is 0.527. The van der Waals surface area contributed by atoms with Crippen molar-refractivity contribution in [3.63, 3.8) is 0 Å². The zero-order chi connectivity index (χ0) is 14.8. The molecular formula is C17H18N2O2. The maximum atomic E-state index is 11.6. The second-order valence-electron chi connectivity index (χ2n) is 5.25. The maximum absolute atomic E-state index is 11.6. The standard InChI is InChI=1S/C17H18N2O2/c1-11(20)19-17-14-5-3-4-12(14)6-7-15(17)13-8-9-18-16(10-13)21-2/h6-10H,3-5H2,1-2H3,(H,19,20). The van der Waals surface area contributed by atoms with Crippen LogP contribution in [0.1, 0.15) is 24.5 Å². The lowest BCUT2D eigenvalue weighted by Crippen LogP contribution is -2.09. The molecule has 0 radical (unpaired) electrons. The summed E-state index contributed by atoms with van der Waals surface area (Å²) >= 11 is 0. The third kappa shape index (κ3) is 2.61. The van der Waals surface area contributed by atoms with E-state index in [-0.39, 0.29) is 5.91 Å². The number of anilines is 1. The summed E-state index contributed by atoms with van der Waals surface area (Å²) in [5.41, 5.74) is 5.56. The number of fused-ring (bicyclic) bond motifs is 1. The zero-order valence-electron chi connectivity index (χ0n) is 12.3. The number of carbonyl (C=O) groups excluding carboxylic acids is 1. The molecule has 1 aromatic heterocycles. The fourth-order valence-electron chi connectivity index (χ4n) is 2.91. The van der Waals surface area contributed by atoms with Gasteiger partial charge < -0.3 is 10.1 Å². The molecule has 0 aliphatic heterocycles. The lowest BCUT2D eigenvalue weighted by molar-refractivity contribution is -0.114. The summed E-state index contributed by atoms with van der Waals surface area (Å²) in [6.45, 7) is 1.55. The molecule has 1 amide bonds. The molecule has 0 spiro atoms. The molecule has 1 aliphatic carbocycles. The van der Waals surface area contributed by atoms with Gasteiger partial charge >= 0.3 is 0 Å². The highest BCUT2D eigenvalue weighted by molar-refractivity contribution is 5.96. The first-order chi connectivity index (χ1) is 10.2. The van der Waals surface area contributed by atoms with E-state index >= 15 is 0 Å². The molecule has 1 heterocycles. The van der Waals surface area contributed by atoms with Crippen LogP contribution in [0.25, 0.3) is 11.1 Å². The number of nitrogens with one attached hydrogen (secondary N) is 1. The molecule has 3 rings (SSSR count). The molecule has 21 heavy (non-hydrogen) atoms. The smallest absolute Gasteiger partial charge is 0.221 e. The highest BCUT2D eigenvalue weighted by Gasteiger charge is 2.19. The number of carbonyl (C=O) groups is 1. The number of amides is 1. The minimum Gasteiger partial charge on any atom is -0.481 e. The monoisotopic (exact) mass is 282 g/mol. The molecule has 1 N–H and O–H groups in total. The summed E-state index contributed by atoms with van der Waals surface area (Å²) in [6, 6.07) is 8.06. The first-order valence-electron chi connectivity index (χ1n) is 7.12. The van der Waals surface area contributed by atoms with Crippen LogP contribution in [-0.4, -0.2) is 18.0 Å². The van der Waals surface area contributed by atoms with E-state index in [0.717, 1.165) is 36.1 Å². The Morgan fingerprint density at radius 3 is 2.90 bits per heavy atom. The van der Waals surface area contributed by atoms with E-state index < -0.39 is 0 Å². The predicted octanol–water partition coefficient (Wildman–Crippen LogP) is 3.20. The van der Waals surface area contributed by atoms with Crippen molar-refractivity contribution in [2.75, 3.05) is 12.4 Å². The van der Waals surface area contributed by atoms with Crippen LogP contribution in [0.3, 0.4) is 0 Å². The van der Waals surface area contributed by atoms with Crippen molar-refractivity contribution in [2.45, 2.75) is 26.2 Å². The van der Waals surface area contributed by atoms with Crippen molar-refractivity contribution in [2.24, 2.45) is 0 Å². The second kappa shape index (κ2) is 5.56. The molecule has 4 nitrogen and oxygen atoms in total. The largest absolute Gasteiger partial charge is 0.481 e. The first-order valence-corrected chi connectivity index (χ1v) is 7.12. The Balaban J connectivity index is 2.15. The SMILES string of the molecule is COc1cc(-c2ccc3c(c2NC(C)=O)CCC3)ccn1. The van der Waals surface area contributed by atoms with Crippen LogP contribution in [0, 0.1) is 0 Å².